The van der Waals surface area contributed by atoms with E-state index >= 15 is 0 Å². The van der Waals surface area contributed by atoms with E-state index in [1.165, 1.54) is 7.11 Å². The van der Waals surface area contributed by atoms with Crippen LogP contribution in [0.2, 0.25) is 0 Å². The second kappa shape index (κ2) is 10.2. The SMILES string of the molecule is COC[C@@]1(OC)COCN(c2cc(OC)c(OC)c(OC)c2)[C@H]1c1ccc(OC)c(O)c1. The molecule has 9 heteroatoms. The second-order valence-corrected chi connectivity index (χ2v) is 7.37. The number of hydrogen-bond donors (Lipinski definition) is 1. The summed E-state index contributed by atoms with van der Waals surface area (Å²) >= 11 is 0. The van der Waals surface area contributed by atoms with E-state index in [9.17, 15) is 5.11 Å². The monoisotopic (exact) mass is 449 g/mol. The number of benzene rings is 2. The minimum absolute atomic E-state index is 0.0313. The zero-order valence-electron chi connectivity index (χ0n) is 19.3. The van der Waals surface area contributed by atoms with E-state index in [0.717, 1.165) is 11.3 Å². The summed E-state index contributed by atoms with van der Waals surface area (Å²) in [4.78, 5) is 2.01. The van der Waals surface area contributed by atoms with Crippen LogP contribution in [0.15, 0.2) is 30.3 Å². The molecule has 32 heavy (non-hydrogen) atoms. The quantitative estimate of drug-likeness (QED) is 0.621. The molecule has 1 N–H and O–H groups in total. The van der Waals surface area contributed by atoms with E-state index in [0.29, 0.717) is 29.6 Å². The Bertz CT molecular complexity index is 892. The third-order valence-electron chi connectivity index (χ3n) is 5.68. The summed E-state index contributed by atoms with van der Waals surface area (Å²) in [5.74, 6) is 1.93. The van der Waals surface area contributed by atoms with Gasteiger partial charge in [0.05, 0.1) is 47.7 Å². The summed E-state index contributed by atoms with van der Waals surface area (Å²) in [6, 6.07) is 8.60. The van der Waals surface area contributed by atoms with Crippen molar-refractivity contribution in [2.75, 3.05) is 67.5 Å². The molecule has 0 saturated carbocycles. The Hall–Kier alpha value is -2.88. The zero-order valence-corrected chi connectivity index (χ0v) is 19.3. The van der Waals surface area contributed by atoms with Gasteiger partial charge in [0.25, 0.3) is 0 Å². The number of methoxy groups -OCH3 is 6. The summed E-state index contributed by atoms with van der Waals surface area (Å²) < 4.78 is 39.2. The molecule has 3 rings (SSSR count). The fraction of sp³-hybridized carbons (Fsp3) is 0.478. The molecule has 0 amide bonds. The molecule has 0 radical (unpaired) electrons. The van der Waals surface area contributed by atoms with E-state index in [2.05, 4.69) is 0 Å². The first-order chi connectivity index (χ1) is 15.5. The topological polar surface area (TPSA) is 88.1 Å². The lowest BCUT2D eigenvalue weighted by molar-refractivity contribution is -0.150. The van der Waals surface area contributed by atoms with Crippen LogP contribution in [0.1, 0.15) is 11.6 Å². The van der Waals surface area contributed by atoms with Gasteiger partial charge >= 0.3 is 0 Å². The van der Waals surface area contributed by atoms with E-state index < -0.39 is 5.60 Å². The number of phenolic OH excluding ortho intramolecular Hbond substituents is 1. The molecule has 1 aliphatic rings. The second-order valence-electron chi connectivity index (χ2n) is 7.37. The molecule has 1 heterocycles. The summed E-state index contributed by atoms with van der Waals surface area (Å²) in [5.41, 5.74) is 0.713. The molecule has 0 spiro atoms. The van der Waals surface area contributed by atoms with Crippen LogP contribution in [0.25, 0.3) is 0 Å². The van der Waals surface area contributed by atoms with Gasteiger partial charge in [0.1, 0.15) is 12.3 Å². The summed E-state index contributed by atoms with van der Waals surface area (Å²) in [7, 11) is 9.44. The molecule has 176 valence electrons. The van der Waals surface area contributed by atoms with Crippen molar-refractivity contribution < 1.29 is 38.3 Å². The number of ether oxygens (including phenoxy) is 7. The molecule has 9 nitrogen and oxygen atoms in total. The third-order valence-corrected chi connectivity index (χ3v) is 5.68. The number of hydrogen-bond acceptors (Lipinski definition) is 9. The smallest absolute Gasteiger partial charge is 0.203 e. The fourth-order valence-electron chi connectivity index (χ4n) is 4.17. The Balaban J connectivity index is 2.19. The van der Waals surface area contributed by atoms with E-state index in [4.69, 9.17) is 33.2 Å². The number of rotatable bonds is 9. The lowest BCUT2D eigenvalue weighted by Gasteiger charge is -2.49. The minimum atomic E-state index is -0.853. The van der Waals surface area contributed by atoms with Crippen LogP contribution in [0.3, 0.4) is 0 Å². The number of nitrogens with zero attached hydrogens (tertiary/aromatic N) is 1. The predicted octanol–water partition coefficient (Wildman–Crippen LogP) is 2.99. The summed E-state index contributed by atoms with van der Waals surface area (Å²) in [5, 5.41) is 10.5. The molecule has 2 atom stereocenters. The average Bonchev–Trinajstić information content (AvgIpc) is 2.82. The molecular formula is C23H31NO8. The van der Waals surface area contributed by atoms with Crippen LogP contribution in [0.5, 0.6) is 28.7 Å². The van der Waals surface area contributed by atoms with Crippen LogP contribution in [-0.2, 0) is 14.2 Å². The molecule has 0 bridgehead atoms. The number of aromatic hydroxyl groups is 1. The first-order valence-corrected chi connectivity index (χ1v) is 10.0. The van der Waals surface area contributed by atoms with Crippen molar-refractivity contribution >= 4 is 5.69 Å². The van der Waals surface area contributed by atoms with Gasteiger partial charge in [-0.15, -0.1) is 0 Å². The number of phenols is 1. The zero-order chi connectivity index (χ0) is 23.3. The molecule has 1 fully saturated rings. The number of anilines is 1. The van der Waals surface area contributed by atoms with Gasteiger partial charge in [-0.05, 0) is 17.7 Å². The van der Waals surface area contributed by atoms with Gasteiger partial charge in [-0.3, -0.25) is 0 Å². The first-order valence-electron chi connectivity index (χ1n) is 10.0. The highest BCUT2D eigenvalue weighted by atomic mass is 16.6. The Morgan fingerprint density at radius 2 is 1.59 bits per heavy atom. The molecule has 0 unspecified atom stereocenters. The molecule has 1 saturated heterocycles. The summed E-state index contributed by atoms with van der Waals surface area (Å²) in [6.07, 6.45) is 0. The van der Waals surface area contributed by atoms with E-state index in [1.807, 2.05) is 23.1 Å². The van der Waals surface area contributed by atoms with Crippen LogP contribution in [0.4, 0.5) is 5.69 Å². The van der Waals surface area contributed by atoms with Gasteiger partial charge in [0.2, 0.25) is 5.75 Å². The lowest BCUT2D eigenvalue weighted by atomic mass is 9.86. The average molecular weight is 450 g/mol. The van der Waals surface area contributed by atoms with Gasteiger partial charge < -0.3 is 43.2 Å². The molecule has 2 aromatic rings. The van der Waals surface area contributed by atoms with Crippen molar-refractivity contribution in [1.82, 2.24) is 0 Å². The van der Waals surface area contributed by atoms with Crippen molar-refractivity contribution in [3.63, 3.8) is 0 Å². The highest BCUT2D eigenvalue weighted by Crippen LogP contribution is 2.47. The Morgan fingerprint density at radius 3 is 2.09 bits per heavy atom. The van der Waals surface area contributed by atoms with Crippen LogP contribution in [0, 0.1) is 0 Å². The summed E-state index contributed by atoms with van der Waals surface area (Å²) in [6.45, 7) is 0.836. The molecule has 1 aliphatic heterocycles. The highest BCUT2D eigenvalue weighted by Gasteiger charge is 2.48. The van der Waals surface area contributed by atoms with Gasteiger partial charge in [0.15, 0.2) is 23.0 Å². The van der Waals surface area contributed by atoms with Gasteiger partial charge in [-0.25, -0.2) is 0 Å². The maximum atomic E-state index is 10.5. The van der Waals surface area contributed by atoms with Crippen LogP contribution < -0.4 is 23.8 Å². The molecular weight excluding hydrogens is 418 g/mol. The Labute approximate surface area is 188 Å². The van der Waals surface area contributed by atoms with Gasteiger partial charge in [-0.1, -0.05) is 6.07 Å². The van der Waals surface area contributed by atoms with Crippen molar-refractivity contribution in [1.29, 1.82) is 0 Å². The van der Waals surface area contributed by atoms with E-state index in [1.54, 1.807) is 47.7 Å². The highest BCUT2D eigenvalue weighted by molar-refractivity contribution is 5.65. The first kappa shape index (κ1) is 23.8. The molecule has 0 aromatic heterocycles. The van der Waals surface area contributed by atoms with Gasteiger partial charge in [0, 0.05) is 32.0 Å². The molecule has 0 aliphatic carbocycles. The van der Waals surface area contributed by atoms with Crippen molar-refractivity contribution in [3.8, 4) is 28.7 Å². The standard InChI is InChI=1S/C23H31NO8/c1-26-12-23(31-6)13-32-14-24(22(23)15-7-8-18(27-2)17(25)9-15)16-10-19(28-3)21(30-5)20(11-16)29-4/h7-11,22,25H,12-14H2,1-6H3/t22-,23+/m0/s1. The largest absolute Gasteiger partial charge is 0.504 e. The molecule has 2 aromatic carbocycles. The lowest BCUT2D eigenvalue weighted by Crippen LogP contribution is -2.58. The van der Waals surface area contributed by atoms with Crippen molar-refractivity contribution in [2.24, 2.45) is 0 Å². The van der Waals surface area contributed by atoms with Crippen LogP contribution in [-0.4, -0.2) is 73.3 Å². The fourth-order valence-corrected chi connectivity index (χ4v) is 4.17. The van der Waals surface area contributed by atoms with Crippen molar-refractivity contribution in [3.05, 3.63) is 35.9 Å². The van der Waals surface area contributed by atoms with Gasteiger partial charge in [-0.2, -0.15) is 0 Å². The van der Waals surface area contributed by atoms with E-state index in [-0.39, 0.29) is 25.1 Å². The normalized spacial score (nSPS) is 20.7. The maximum absolute atomic E-state index is 10.5. The van der Waals surface area contributed by atoms with Crippen molar-refractivity contribution in [2.45, 2.75) is 11.6 Å². The maximum Gasteiger partial charge on any atom is 0.203 e. The third kappa shape index (κ3) is 4.23. The van der Waals surface area contributed by atoms with Crippen LogP contribution >= 0.6 is 0 Å². The Kier molecular flexibility index (Phi) is 7.55. The minimum Gasteiger partial charge on any atom is -0.504 e. The predicted molar refractivity (Wildman–Crippen MR) is 118 cm³/mol. The Morgan fingerprint density at radius 1 is 0.938 bits per heavy atom.